The number of methoxy groups -OCH3 is 2. The number of benzene rings is 2. The lowest BCUT2D eigenvalue weighted by atomic mass is 9.96. The minimum Gasteiger partial charge on any atom is -0.497 e. The summed E-state index contributed by atoms with van der Waals surface area (Å²) in [6.45, 7) is 0. The van der Waals surface area contributed by atoms with Gasteiger partial charge in [0.15, 0.2) is 11.6 Å². The van der Waals surface area contributed by atoms with Gasteiger partial charge in [-0.05, 0) is 47.5 Å². The molecule has 0 radical (unpaired) electrons. The third-order valence-corrected chi connectivity index (χ3v) is 3.67. The molecule has 0 heterocycles. The summed E-state index contributed by atoms with van der Waals surface area (Å²) in [5.74, 6) is 0.825. The molecule has 0 unspecified atom stereocenters. The van der Waals surface area contributed by atoms with Crippen LogP contribution in [0.15, 0.2) is 36.4 Å². The Morgan fingerprint density at radius 3 is 1.52 bits per heavy atom. The Bertz CT molecular complexity index is 683. The molecular formula is C17H14O4. The van der Waals surface area contributed by atoms with Gasteiger partial charge in [0.25, 0.3) is 0 Å². The normalized spacial score (nSPS) is 13.2. The van der Waals surface area contributed by atoms with Crippen LogP contribution in [0.25, 0.3) is 11.1 Å². The number of hydrogen-bond donors (Lipinski definition) is 0. The van der Waals surface area contributed by atoms with Gasteiger partial charge in [0.1, 0.15) is 11.5 Å². The number of ketones is 2. The van der Waals surface area contributed by atoms with E-state index in [1.165, 1.54) is 0 Å². The highest BCUT2D eigenvalue weighted by atomic mass is 16.5. The van der Waals surface area contributed by atoms with E-state index in [0.29, 0.717) is 22.6 Å². The predicted octanol–water partition coefficient (Wildman–Crippen LogP) is 3.14. The van der Waals surface area contributed by atoms with Gasteiger partial charge in [0.2, 0.25) is 0 Å². The second-order valence-corrected chi connectivity index (χ2v) is 4.85. The molecule has 0 bridgehead atoms. The number of carbonyl (C=O) groups is 2. The van der Waals surface area contributed by atoms with E-state index in [-0.39, 0.29) is 18.0 Å². The lowest BCUT2D eigenvalue weighted by Crippen LogP contribution is -2.06. The fraction of sp³-hybridized carbons (Fsp3) is 0.176. The first-order valence-electron chi connectivity index (χ1n) is 6.57. The highest BCUT2D eigenvalue weighted by molar-refractivity contribution is 6.21. The first-order chi connectivity index (χ1) is 10.1. The van der Waals surface area contributed by atoms with Gasteiger partial charge in [0.05, 0.1) is 20.6 Å². The van der Waals surface area contributed by atoms with Crippen LogP contribution in [0.1, 0.15) is 27.1 Å². The molecule has 0 aliphatic heterocycles. The van der Waals surface area contributed by atoms with Crippen molar-refractivity contribution in [3.63, 3.8) is 0 Å². The van der Waals surface area contributed by atoms with Crippen molar-refractivity contribution in [1.29, 1.82) is 0 Å². The van der Waals surface area contributed by atoms with Gasteiger partial charge >= 0.3 is 0 Å². The van der Waals surface area contributed by atoms with E-state index in [2.05, 4.69) is 0 Å². The molecule has 3 rings (SSSR count). The predicted molar refractivity (Wildman–Crippen MR) is 78.3 cm³/mol. The van der Waals surface area contributed by atoms with Crippen molar-refractivity contribution in [1.82, 2.24) is 0 Å². The Kier molecular flexibility index (Phi) is 3.22. The number of rotatable bonds is 2. The Morgan fingerprint density at radius 2 is 1.14 bits per heavy atom. The summed E-state index contributed by atoms with van der Waals surface area (Å²) in [6.07, 6.45) is -0.139. The van der Waals surface area contributed by atoms with Crippen molar-refractivity contribution in [2.24, 2.45) is 0 Å². The summed E-state index contributed by atoms with van der Waals surface area (Å²) in [4.78, 5) is 24.6. The van der Waals surface area contributed by atoms with Crippen LogP contribution in [0.5, 0.6) is 11.5 Å². The maximum absolute atomic E-state index is 12.3. The zero-order valence-electron chi connectivity index (χ0n) is 11.8. The van der Waals surface area contributed by atoms with E-state index < -0.39 is 0 Å². The smallest absolute Gasteiger partial charge is 0.171 e. The molecule has 2 aromatic carbocycles. The van der Waals surface area contributed by atoms with Crippen molar-refractivity contribution < 1.29 is 19.1 Å². The fourth-order valence-electron chi connectivity index (χ4n) is 2.57. The third kappa shape index (κ3) is 2.18. The molecule has 4 nitrogen and oxygen atoms in total. The van der Waals surface area contributed by atoms with Gasteiger partial charge in [-0.2, -0.15) is 0 Å². The molecule has 0 spiro atoms. The van der Waals surface area contributed by atoms with Crippen molar-refractivity contribution in [3.8, 4) is 22.6 Å². The monoisotopic (exact) mass is 282 g/mol. The molecule has 0 atom stereocenters. The van der Waals surface area contributed by atoms with Gasteiger partial charge in [-0.25, -0.2) is 0 Å². The molecule has 21 heavy (non-hydrogen) atoms. The highest BCUT2D eigenvalue weighted by Gasteiger charge is 2.26. The van der Waals surface area contributed by atoms with Crippen molar-refractivity contribution in [3.05, 3.63) is 47.5 Å². The molecule has 4 heteroatoms. The van der Waals surface area contributed by atoms with Gasteiger partial charge in [-0.15, -0.1) is 0 Å². The van der Waals surface area contributed by atoms with Gasteiger partial charge in [0, 0.05) is 11.1 Å². The lowest BCUT2D eigenvalue weighted by Gasteiger charge is -2.10. The number of fused-ring (bicyclic) bond motifs is 3. The molecule has 0 amide bonds. The third-order valence-electron chi connectivity index (χ3n) is 3.67. The van der Waals surface area contributed by atoms with Crippen molar-refractivity contribution in [2.45, 2.75) is 6.42 Å². The number of Topliss-reactive ketones (excluding diaryl/α,β-unsaturated/α-hetero) is 2. The quantitative estimate of drug-likeness (QED) is 0.794. The number of carbonyl (C=O) groups excluding carboxylic acids is 2. The molecule has 106 valence electrons. The summed E-state index contributed by atoms with van der Waals surface area (Å²) in [5, 5.41) is 0. The first kappa shape index (κ1) is 13.4. The minimum absolute atomic E-state index is 0.139. The summed E-state index contributed by atoms with van der Waals surface area (Å²) < 4.78 is 10.3. The Balaban J connectivity index is 2.27. The molecule has 1 aliphatic carbocycles. The average Bonchev–Trinajstić information content (AvgIpc) is 2.62. The summed E-state index contributed by atoms with van der Waals surface area (Å²) in [6, 6.07) is 10.6. The van der Waals surface area contributed by atoms with E-state index in [1.54, 1.807) is 38.5 Å². The Hall–Kier alpha value is -2.62. The molecule has 2 aromatic rings. The van der Waals surface area contributed by atoms with E-state index in [9.17, 15) is 9.59 Å². The summed E-state index contributed by atoms with van der Waals surface area (Å²) in [5.41, 5.74) is 2.55. The van der Waals surface area contributed by atoms with Crippen LogP contribution in [0.3, 0.4) is 0 Å². The summed E-state index contributed by atoms with van der Waals surface area (Å²) >= 11 is 0. The number of hydrogen-bond acceptors (Lipinski definition) is 4. The van der Waals surface area contributed by atoms with Gasteiger partial charge in [-0.1, -0.05) is 0 Å². The largest absolute Gasteiger partial charge is 0.497 e. The molecular weight excluding hydrogens is 268 g/mol. The van der Waals surface area contributed by atoms with Crippen molar-refractivity contribution >= 4 is 11.6 Å². The van der Waals surface area contributed by atoms with Crippen LogP contribution in [0.4, 0.5) is 0 Å². The standard InChI is InChI=1S/C17H14O4/c1-20-10-3-5-12-13-6-4-11(21-2)8-15(13)17(19)9-16(18)14(12)7-10/h3-8H,9H2,1-2H3. The lowest BCUT2D eigenvalue weighted by molar-refractivity contribution is 0.0896. The van der Waals surface area contributed by atoms with Gasteiger partial charge < -0.3 is 9.47 Å². The van der Waals surface area contributed by atoms with Crippen LogP contribution in [-0.2, 0) is 0 Å². The fourth-order valence-corrected chi connectivity index (χ4v) is 2.57. The first-order valence-corrected chi connectivity index (χ1v) is 6.57. The SMILES string of the molecule is COc1ccc2c(c1)C(=O)CC(=O)c1cc(OC)ccc1-2. The molecule has 0 saturated carbocycles. The summed E-state index contributed by atoms with van der Waals surface area (Å²) in [7, 11) is 3.10. The minimum atomic E-state index is -0.191. The zero-order chi connectivity index (χ0) is 15.0. The second kappa shape index (κ2) is 5.05. The topological polar surface area (TPSA) is 52.6 Å². The number of ether oxygens (including phenoxy) is 2. The van der Waals surface area contributed by atoms with Crippen LogP contribution < -0.4 is 9.47 Å². The molecule has 0 saturated heterocycles. The maximum atomic E-state index is 12.3. The van der Waals surface area contributed by atoms with Gasteiger partial charge in [-0.3, -0.25) is 9.59 Å². The van der Waals surface area contributed by atoms with Crippen LogP contribution in [0, 0.1) is 0 Å². The van der Waals surface area contributed by atoms with Crippen LogP contribution >= 0.6 is 0 Å². The van der Waals surface area contributed by atoms with E-state index in [0.717, 1.165) is 11.1 Å². The van der Waals surface area contributed by atoms with E-state index in [1.807, 2.05) is 12.1 Å². The van der Waals surface area contributed by atoms with E-state index in [4.69, 9.17) is 9.47 Å². The van der Waals surface area contributed by atoms with E-state index >= 15 is 0 Å². The van der Waals surface area contributed by atoms with Crippen LogP contribution in [0.2, 0.25) is 0 Å². The molecule has 0 fully saturated rings. The second-order valence-electron chi connectivity index (χ2n) is 4.85. The molecule has 0 aromatic heterocycles. The maximum Gasteiger partial charge on any atom is 0.171 e. The molecule has 0 N–H and O–H groups in total. The van der Waals surface area contributed by atoms with Crippen LogP contribution in [-0.4, -0.2) is 25.8 Å². The zero-order valence-corrected chi connectivity index (χ0v) is 11.8. The Labute approximate surface area is 122 Å². The average molecular weight is 282 g/mol. The van der Waals surface area contributed by atoms with Crippen molar-refractivity contribution in [2.75, 3.05) is 14.2 Å². The Morgan fingerprint density at radius 1 is 0.714 bits per heavy atom. The molecule has 1 aliphatic rings. The highest BCUT2D eigenvalue weighted by Crippen LogP contribution is 2.36.